The van der Waals surface area contributed by atoms with Crippen molar-refractivity contribution in [3.8, 4) is 5.75 Å². The molecule has 0 atom stereocenters. The minimum Gasteiger partial charge on any atom is -0.488 e. The number of carbonyl (C=O) groups is 1. The zero-order chi connectivity index (χ0) is 14.8. The van der Waals surface area contributed by atoms with Gasteiger partial charge in [0.1, 0.15) is 11.4 Å². The fourth-order valence-corrected chi connectivity index (χ4v) is 2.01. The normalized spacial score (nSPS) is 11.2. The third kappa shape index (κ3) is 3.47. The summed E-state index contributed by atoms with van der Waals surface area (Å²) in [5, 5.41) is 0. The average molecular weight is 268 g/mol. The second-order valence-electron chi connectivity index (χ2n) is 5.88. The molecule has 0 fully saturated rings. The second-order valence-corrected chi connectivity index (χ2v) is 5.88. The summed E-state index contributed by atoms with van der Waals surface area (Å²) in [6, 6.07) is 14.9. The summed E-state index contributed by atoms with van der Waals surface area (Å²) in [7, 11) is 0. The summed E-state index contributed by atoms with van der Waals surface area (Å²) in [5.41, 5.74) is 2.19. The lowest BCUT2D eigenvalue weighted by Gasteiger charge is -2.21. The molecule has 0 amide bonds. The third-order valence-corrected chi connectivity index (χ3v) is 2.93. The van der Waals surface area contributed by atoms with Gasteiger partial charge < -0.3 is 4.74 Å². The molecule has 2 aromatic carbocycles. The third-order valence-electron chi connectivity index (χ3n) is 2.93. The van der Waals surface area contributed by atoms with Gasteiger partial charge >= 0.3 is 0 Å². The van der Waals surface area contributed by atoms with Crippen LogP contribution in [-0.4, -0.2) is 11.4 Å². The van der Waals surface area contributed by atoms with Crippen molar-refractivity contribution >= 4 is 5.78 Å². The number of carbonyl (C=O) groups excluding carboxylic acids is 1. The molecule has 0 saturated heterocycles. The van der Waals surface area contributed by atoms with E-state index in [1.807, 2.05) is 76.2 Å². The van der Waals surface area contributed by atoms with E-state index in [0.29, 0.717) is 5.56 Å². The number of aryl methyl sites for hydroxylation is 1. The number of hydrogen-bond donors (Lipinski definition) is 0. The van der Waals surface area contributed by atoms with Gasteiger partial charge in [0.05, 0.1) is 0 Å². The molecular formula is C18H20O2. The molecule has 0 aliphatic heterocycles. The average Bonchev–Trinajstić information content (AvgIpc) is 2.37. The van der Waals surface area contributed by atoms with E-state index in [1.165, 1.54) is 0 Å². The van der Waals surface area contributed by atoms with Gasteiger partial charge in [0.15, 0.2) is 5.78 Å². The number of hydrogen-bond acceptors (Lipinski definition) is 2. The Morgan fingerprint density at radius 1 is 0.950 bits per heavy atom. The summed E-state index contributed by atoms with van der Waals surface area (Å²) in [5.74, 6) is 0.823. The van der Waals surface area contributed by atoms with Crippen molar-refractivity contribution < 1.29 is 9.53 Å². The van der Waals surface area contributed by atoms with Gasteiger partial charge in [0.2, 0.25) is 0 Å². The first kappa shape index (κ1) is 14.3. The SMILES string of the molecule is Cc1ccccc1C(=O)c1ccc(OC(C)(C)C)cc1. The highest BCUT2D eigenvalue weighted by Gasteiger charge is 2.14. The number of ether oxygens (including phenoxy) is 1. The van der Waals surface area contributed by atoms with Crippen LogP contribution < -0.4 is 4.74 Å². The molecule has 0 heterocycles. The lowest BCUT2D eigenvalue weighted by atomic mass is 9.99. The number of ketones is 1. The van der Waals surface area contributed by atoms with Crippen LogP contribution in [0.25, 0.3) is 0 Å². The maximum Gasteiger partial charge on any atom is 0.193 e. The Labute approximate surface area is 120 Å². The molecule has 2 aromatic rings. The van der Waals surface area contributed by atoms with E-state index in [0.717, 1.165) is 16.9 Å². The van der Waals surface area contributed by atoms with Crippen molar-refractivity contribution in [2.45, 2.75) is 33.3 Å². The highest BCUT2D eigenvalue weighted by molar-refractivity contribution is 6.09. The van der Waals surface area contributed by atoms with Crippen molar-refractivity contribution in [1.82, 2.24) is 0 Å². The Kier molecular flexibility index (Phi) is 3.93. The van der Waals surface area contributed by atoms with E-state index in [9.17, 15) is 4.79 Å². The Morgan fingerprint density at radius 3 is 2.10 bits per heavy atom. The number of benzene rings is 2. The first-order valence-electron chi connectivity index (χ1n) is 6.76. The molecule has 20 heavy (non-hydrogen) atoms. The van der Waals surface area contributed by atoms with Crippen LogP contribution in [-0.2, 0) is 0 Å². The number of rotatable bonds is 3. The van der Waals surface area contributed by atoms with Crippen LogP contribution in [0.3, 0.4) is 0 Å². The Hall–Kier alpha value is -2.09. The summed E-state index contributed by atoms with van der Waals surface area (Å²) in [4.78, 5) is 12.4. The van der Waals surface area contributed by atoms with Crippen molar-refractivity contribution in [2.24, 2.45) is 0 Å². The van der Waals surface area contributed by atoms with Crippen LogP contribution >= 0.6 is 0 Å². The van der Waals surface area contributed by atoms with Crippen LogP contribution in [0, 0.1) is 6.92 Å². The standard InChI is InChI=1S/C18H20O2/c1-13-7-5-6-8-16(13)17(19)14-9-11-15(12-10-14)20-18(2,3)4/h5-12H,1-4H3. The predicted molar refractivity (Wildman–Crippen MR) is 81.4 cm³/mol. The van der Waals surface area contributed by atoms with Gasteiger partial charge in [-0.2, -0.15) is 0 Å². The summed E-state index contributed by atoms with van der Waals surface area (Å²) < 4.78 is 5.75. The summed E-state index contributed by atoms with van der Waals surface area (Å²) in [6.45, 7) is 7.95. The lowest BCUT2D eigenvalue weighted by molar-refractivity contribution is 0.103. The van der Waals surface area contributed by atoms with E-state index < -0.39 is 0 Å². The van der Waals surface area contributed by atoms with E-state index >= 15 is 0 Å². The molecular weight excluding hydrogens is 248 g/mol. The molecule has 0 spiro atoms. The first-order valence-corrected chi connectivity index (χ1v) is 6.76. The monoisotopic (exact) mass is 268 g/mol. The molecule has 104 valence electrons. The molecule has 0 radical (unpaired) electrons. The van der Waals surface area contributed by atoms with Gasteiger partial charge in [-0.15, -0.1) is 0 Å². The summed E-state index contributed by atoms with van der Waals surface area (Å²) >= 11 is 0. The smallest absolute Gasteiger partial charge is 0.193 e. The minimum atomic E-state index is -0.235. The van der Waals surface area contributed by atoms with Crippen LogP contribution in [0.5, 0.6) is 5.75 Å². The zero-order valence-corrected chi connectivity index (χ0v) is 12.4. The largest absolute Gasteiger partial charge is 0.488 e. The quantitative estimate of drug-likeness (QED) is 0.771. The van der Waals surface area contributed by atoms with Gasteiger partial charge in [0.25, 0.3) is 0 Å². The molecule has 0 aromatic heterocycles. The van der Waals surface area contributed by atoms with E-state index in [1.54, 1.807) is 0 Å². The molecule has 2 nitrogen and oxygen atoms in total. The zero-order valence-electron chi connectivity index (χ0n) is 12.4. The van der Waals surface area contributed by atoms with Crippen LogP contribution in [0.4, 0.5) is 0 Å². The molecule has 2 rings (SSSR count). The van der Waals surface area contributed by atoms with Gasteiger partial charge in [-0.1, -0.05) is 24.3 Å². The molecule has 0 aliphatic carbocycles. The van der Waals surface area contributed by atoms with Gasteiger partial charge in [-0.05, 0) is 57.5 Å². The Morgan fingerprint density at radius 2 is 1.55 bits per heavy atom. The van der Waals surface area contributed by atoms with Gasteiger partial charge in [-0.3, -0.25) is 4.79 Å². The maximum absolute atomic E-state index is 12.4. The minimum absolute atomic E-state index is 0.0467. The van der Waals surface area contributed by atoms with Crippen LogP contribution in [0.15, 0.2) is 48.5 Å². The van der Waals surface area contributed by atoms with Gasteiger partial charge in [-0.25, -0.2) is 0 Å². The molecule has 0 unspecified atom stereocenters. The Balaban J connectivity index is 2.22. The summed E-state index contributed by atoms with van der Waals surface area (Å²) in [6.07, 6.45) is 0. The molecule has 0 saturated carbocycles. The van der Waals surface area contributed by atoms with Crippen molar-refractivity contribution in [3.05, 3.63) is 65.2 Å². The van der Waals surface area contributed by atoms with E-state index in [4.69, 9.17) is 4.74 Å². The topological polar surface area (TPSA) is 26.3 Å². The van der Waals surface area contributed by atoms with E-state index in [-0.39, 0.29) is 11.4 Å². The van der Waals surface area contributed by atoms with E-state index in [2.05, 4.69) is 0 Å². The van der Waals surface area contributed by atoms with Crippen LogP contribution in [0.1, 0.15) is 42.3 Å². The van der Waals surface area contributed by atoms with Crippen molar-refractivity contribution in [2.75, 3.05) is 0 Å². The highest BCUT2D eigenvalue weighted by atomic mass is 16.5. The van der Waals surface area contributed by atoms with Crippen molar-refractivity contribution in [3.63, 3.8) is 0 Å². The predicted octanol–water partition coefficient (Wildman–Crippen LogP) is 4.40. The molecule has 0 bridgehead atoms. The van der Waals surface area contributed by atoms with Crippen molar-refractivity contribution in [1.29, 1.82) is 0 Å². The molecule has 0 N–H and O–H groups in total. The molecule has 2 heteroatoms. The second kappa shape index (κ2) is 5.49. The fourth-order valence-electron chi connectivity index (χ4n) is 2.01. The van der Waals surface area contributed by atoms with Crippen LogP contribution in [0.2, 0.25) is 0 Å². The molecule has 0 aliphatic rings. The highest BCUT2D eigenvalue weighted by Crippen LogP contribution is 2.20. The Bertz CT molecular complexity index is 604. The first-order chi connectivity index (χ1) is 9.37. The van der Waals surface area contributed by atoms with Gasteiger partial charge in [0, 0.05) is 11.1 Å². The lowest BCUT2D eigenvalue weighted by Crippen LogP contribution is -2.22. The fraction of sp³-hybridized carbons (Fsp3) is 0.278. The maximum atomic E-state index is 12.4.